The third-order valence-electron chi connectivity index (χ3n) is 2.57. The van der Waals surface area contributed by atoms with Gasteiger partial charge < -0.3 is 4.74 Å². The Balaban J connectivity index is 2.13. The standard InChI is InChI=1S/C13H9IN4O5S/c1-23-11(19)5-10-12(20)16-13(24-10)17-15-6-7-2-8(14)4-9(3-7)18(21)22/h2-6H,1H3,(H,16,17,20)/b10-5+,15-6?. The summed E-state index contributed by atoms with van der Waals surface area (Å²) in [5, 5.41) is 21.0. The highest BCUT2D eigenvalue weighted by molar-refractivity contribution is 14.1. The largest absolute Gasteiger partial charge is 0.466 e. The predicted octanol–water partition coefficient (Wildman–Crippen LogP) is 1.81. The Labute approximate surface area is 153 Å². The van der Waals surface area contributed by atoms with Crippen LogP contribution in [0.1, 0.15) is 5.56 Å². The van der Waals surface area contributed by atoms with Crippen LogP contribution in [0.3, 0.4) is 0 Å². The number of esters is 1. The molecule has 0 atom stereocenters. The lowest BCUT2D eigenvalue weighted by Crippen LogP contribution is -2.19. The second kappa shape index (κ2) is 8.01. The van der Waals surface area contributed by atoms with Crippen molar-refractivity contribution in [2.75, 3.05) is 7.11 Å². The summed E-state index contributed by atoms with van der Waals surface area (Å²) in [5.74, 6) is -1.13. The number of thioether (sulfide) groups is 1. The number of nitrogens with one attached hydrogen (secondary N) is 1. The number of nitrogens with zero attached hydrogens (tertiary/aromatic N) is 3. The molecule has 124 valence electrons. The Kier molecular flexibility index (Phi) is 6.03. The van der Waals surface area contributed by atoms with E-state index >= 15 is 0 Å². The number of rotatable bonds is 4. The molecule has 1 aliphatic rings. The lowest BCUT2D eigenvalue weighted by Gasteiger charge is -1.96. The number of ether oxygens (including phenoxy) is 1. The van der Waals surface area contributed by atoms with Gasteiger partial charge in [0, 0.05) is 27.3 Å². The Morgan fingerprint density at radius 1 is 1.46 bits per heavy atom. The van der Waals surface area contributed by atoms with Crippen molar-refractivity contribution < 1.29 is 19.2 Å². The third-order valence-corrected chi connectivity index (χ3v) is 4.10. The Morgan fingerprint density at radius 2 is 2.21 bits per heavy atom. The molecule has 0 unspecified atom stereocenters. The van der Waals surface area contributed by atoms with E-state index in [0.29, 0.717) is 9.13 Å². The van der Waals surface area contributed by atoms with E-state index in [0.717, 1.165) is 17.8 Å². The van der Waals surface area contributed by atoms with Crippen molar-refractivity contribution >= 4 is 63.3 Å². The molecule has 2 rings (SSSR count). The maximum absolute atomic E-state index is 11.6. The van der Waals surface area contributed by atoms with Gasteiger partial charge in [0.15, 0.2) is 5.17 Å². The van der Waals surface area contributed by atoms with Gasteiger partial charge in [0.25, 0.3) is 11.6 Å². The van der Waals surface area contributed by atoms with Crippen LogP contribution in [0.5, 0.6) is 0 Å². The highest BCUT2D eigenvalue weighted by Crippen LogP contribution is 2.23. The van der Waals surface area contributed by atoms with Crippen LogP contribution in [0.25, 0.3) is 0 Å². The fourth-order valence-corrected chi connectivity index (χ4v) is 2.98. The first-order chi connectivity index (χ1) is 11.4. The zero-order valence-electron chi connectivity index (χ0n) is 12.1. The fourth-order valence-electron chi connectivity index (χ4n) is 1.57. The van der Waals surface area contributed by atoms with E-state index in [-0.39, 0.29) is 15.8 Å². The number of benzene rings is 1. The second-order valence-corrected chi connectivity index (χ2v) is 6.51. The van der Waals surface area contributed by atoms with Gasteiger partial charge in [-0.2, -0.15) is 5.10 Å². The van der Waals surface area contributed by atoms with Crippen molar-refractivity contribution in [3.8, 4) is 0 Å². The topological polar surface area (TPSA) is 123 Å². The molecule has 0 bridgehead atoms. The molecule has 0 aromatic heterocycles. The molecule has 1 N–H and O–H groups in total. The van der Waals surface area contributed by atoms with Gasteiger partial charge in [-0.1, -0.05) is 0 Å². The Hall–Kier alpha value is -2.28. The average molecular weight is 460 g/mol. The van der Waals surface area contributed by atoms with Gasteiger partial charge in [-0.25, -0.2) is 4.79 Å². The zero-order chi connectivity index (χ0) is 17.7. The summed E-state index contributed by atoms with van der Waals surface area (Å²) in [6.45, 7) is 0. The number of non-ortho nitro benzene ring substituents is 1. The smallest absolute Gasteiger partial charge is 0.331 e. The molecule has 1 amide bonds. The van der Waals surface area contributed by atoms with Crippen LogP contribution in [0.15, 0.2) is 39.4 Å². The number of halogens is 1. The van der Waals surface area contributed by atoms with Crippen molar-refractivity contribution in [1.29, 1.82) is 0 Å². The number of carbonyl (C=O) groups is 2. The van der Waals surface area contributed by atoms with Crippen LogP contribution in [0, 0.1) is 13.7 Å². The normalized spacial score (nSPS) is 17.5. The quantitative estimate of drug-likeness (QED) is 0.183. The molecule has 1 saturated heterocycles. The highest BCUT2D eigenvalue weighted by Gasteiger charge is 2.25. The van der Waals surface area contributed by atoms with E-state index < -0.39 is 16.8 Å². The number of amidine groups is 1. The van der Waals surface area contributed by atoms with Crippen molar-refractivity contribution in [1.82, 2.24) is 5.32 Å². The van der Waals surface area contributed by atoms with E-state index in [1.807, 2.05) is 22.6 Å². The summed E-state index contributed by atoms with van der Waals surface area (Å²) >= 11 is 2.89. The van der Waals surface area contributed by atoms with Gasteiger partial charge >= 0.3 is 5.97 Å². The maximum Gasteiger partial charge on any atom is 0.331 e. The molecule has 0 saturated carbocycles. The molecule has 1 aromatic carbocycles. The minimum Gasteiger partial charge on any atom is -0.466 e. The molecular formula is C13H9IN4O5S. The molecule has 1 aliphatic heterocycles. The van der Waals surface area contributed by atoms with Crippen molar-refractivity contribution in [3.63, 3.8) is 0 Å². The monoisotopic (exact) mass is 460 g/mol. The fraction of sp³-hybridized carbons (Fsp3) is 0.0769. The molecule has 11 heteroatoms. The van der Waals surface area contributed by atoms with Gasteiger partial charge in [-0.15, -0.1) is 5.10 Å². The Bertz CT molecular complexity index is 806. The van der Waals surface area contributed by atoms with Gasteiger partial charge in [-0.05, 0) is 40.4 Å². The van der Waals surface area contributed by atoms with E-state index in [1.54, 1.807) is 6.07 Å². The number of nitro benzene ring substituents is 1. The van der Waals surface area contributed by atoms with Crippen LogP contribution in [0.2, 0.25) is 0 Å². The number of hydrogen-bond acceptors (Lipinski definition) is 8. The lowest BCUT2D eigenvalue weighted by atomic mass is 10.2. The molecule has 24 heavy (non-hydrogen) atoms. The summed E-state index contributed by atoms with van der Waals surface area (Å²) in [7, 11) is 1.20. The number of methoxy groups -OCH3 is 1. The van der Waals surface area contributed by atoms with Crippen LogP contribution in [-0.4, -0.2) is 35.3 Å². The summed E-state index contributed by atoms with van der Waals surface area (Å²) in [5.41, 5.74) is 0.445. The average Bonchev–Trinajstić information content (AvgIpc) is 2.86. The van der Waals surface area contributed by atoms with E-state index in [2.05, 4.69) is 20.3 Å². The minimum absolute atomic E-state index is 0.0529. The minimum atomic E-state index is -0.649. The number of carbonyl (C=O) groups excluding carboxylic acids is 2. The number of hydrogen-bond donors (Lipinski definition) is 1. The molecular weight excluding hydrogens is 451 g/mol. The molecule has 1 heterocycles. The number of nitro groups is 1. The predicted molar refractivity (Wildman–Crippen MR) is 96.7 cm³/mol. The number of amides is 1. The lowest BCUT2D eigenvalue weighted by molar-refractivity contribution is -0.384. The van der Waals surface area contributed by atoms with Crippen LogP contribution in [-0.2, 0) is 14.3 Å². The van der Waals surface area contributed by atoms with Gasteiger partial charge in [0.2, 0.25) is 0 Å². The van der Waals surface area contributed by atoms with E-state index in [9.17, 15) is 19.7 Å². The van der Waals surface area contributed by atoms with Gasteiger partial charge in [-0.3, -0.25) is 20.2 Å². The summed E-state index contributed by atoms with van der Waals surface area (Å²) in [4.78, 5) is 33.2. The third kappa shape index (κ3) is 4.86. The first kappa shape index (κ1) is 18.1. The van der Waals surface area contributed by atoms with Crippen LogP contribution < -0.4 is 5.32 Å². The maximum atomic E-state index is 11.6. The molecule has 0 aliphatic carbocycles. The van der Waals surface area contributed by atoms with Gasteiger partial charge in [0.1, 0.15) is 0 Å². The van der Waals surface area contributed by atoms with Gasteiger partial charge in [0.05, 0.1) is 23.2 Å². The molecule has 0 spiro atoms. The van der Waals surface area contributed by atoms with Crippen molar-refractivity contribution in [3.05, 3.63) is 48.4 Å². The van der Waals surface area contributed by atoms with Crippen LogP contribution in [0.4, 0.5) is 5.69 Å². The highest BCUT2D eigenvalue weighted by atomic mass is 127. The van der Waals surface area contributed by atoms with E-state index in [4.69, 9.17) is 0 Å². The van der Waals surface area contributed by atoms with Crippen LogP contribution >= 0.6 is 34.4 Å². The summed E-state index contributed by atoms with van der Waals surface area (Å²) in [6, 6.07) is 4.48. The molecule has 0 radical (unpaired) electrons. The zero-order valence-corrected chi connectivity index (χ0v) is 15.0. The van der Waals surface area contributed by atoms with Crippen molar-refractivity contribution in [2.45, 2.75) is 0 Å². The first-order valence-corrected chi connectivity index (χ1v) is 8.13. The first-order valence-electron chi connectivity index (χ1n) is 6.24. The van der Waals surface area contributed by atoms with E-state index in [1.165, 1.54) is 25.5 Å². The van der Waals surface area contributed by atoms with Crippen molar-refractivity contribution in [2.24, 2.45) is 10.2 Å². The summed E-state index contributed by atoms with van der Waals surface area (Å²) in [6.07, 6.45) is 2.38. The molecule has 1 fully saturated rings. The second-order valence-electron chi connectivity index (χ2n) is 4.24. The Morgan fingerprint density at radius 3 is 2.88 bits per heavy atom. The summed E-state index contributed by atoms with van der Waals surface area (Å²) < 4.78 is 5.13. The molecule has 1 aromatic rings. The SMILES string of the molecule is COC(=O)/C=C1/S/C(=N\N=Cc2cc(I)cc([N+](=O)[O-])c2)NC1=O. The molecule has 9 nitrogen and oxygen atoms in total.